The summed E-state index contributed by atoms with van der Waals surface area (Å²) in [7, 11) is 1.63. The first-order valence-corrected chi connectivity index (χ1v) is 10.2. The van der Waals surface area contributed by atoms with E-state index in [1.165, 1.54) is 0 Å². The van der Waals surface area contributed by atoms with Crippen molar-refractivity contribution in [3.05, 3.63) is 64.1 Å². The first kappa shape index (κ1) is 20.4. The van der Waals surface area contributed by atoms with Gasteiger partial charge in [0.15, 0.2) is 0 Å². The Bertz CT molecular complexity index is 836. The van der Waals surface area contributed by atoms with Gasteiger partial charge in [0.1, 0.15) is 5.75 Å². The average Bonchev–Trinajstić information content (AvgIpc) is 2.72. The summed E-state index contributed by atoms with van der Waals surface area (Å²) in [4.78, 5) is 27.5. The molecule has 28 heavy (non-hydrogen) atoms. The van der Waals surface area contributed by atoms with Gasteiger partial charge in [-0.1, -0.05) is 28.1 Å². The summed E-state index contributed by atoms with van der Waals surface area (Å²) in [6.45, 7) is 3.50. The molecule has 0 radical (unpaired) electrons. The van der Waals surface area contributed by atoms with Gasteiger partial charge in [-0.15, -0.1) is 0 Å². The molecule has 2 amide bonds. The number of amides is 2. The predicted octanol–water partition coefficient (Wildman–Crippen LogP) is 4.02. The van der Waals surface area contributed by atoms with Gasteiger partial charge in [0.05, 0.1) is 12.5 Å². The van der Waals surface area contributed by atoms with Crippen molar-refractivity contribution in [3.63, 3.8) is 0 Å². The van der Waals surface area contributed by atoms with E-state index < -0.39 is 5.41 Å². The summed E-state index contributed by atoms with van der Waals surface area (Å²) in [6, 6.07) is 15.0. The molecule has 1 N–H and O–H groups in total. The normalized spacial score (nSPS) is 19.2. The number of nitrogens with zero attached hydrogens (tertiary/aromatic N) is 1. The Kier molecular flexibility index (Phi) is 6.39. The Morgan fingerprint density at radius 1 is 1.14 bits per heavy atom. The van der Waals surface area contributed by atoms with Gasteiger partial charge in [-0.05, 0) is 61.7 Å². The predicted molar refractivity (Wildman–Crippen MR) is 112 cm³/mol. The van der Waals surface area contributed by atoms with Gasteiger partial charge in [-0.3, -0.25) is 9.59 Å². The first-order valence-electron chi connectivity index (χ1n) is 9.37. The zero-order chi connectivity index (χ0) is 20.1. The Morgan fingerprint density at radius 2 is 1.82 bits per heavy atom. The number of nitrogens with one attached hydrogen (secondary N) is 1. The van der Waals surface area contributed by atoms with Crippen LogP contribution in [0.3, 0.4) is 0 Å². The molecule has 1 aliphatic heterocycles. The fraction of sp³-hybridized carbons (Fsp3) is 0.364. The number of halogens is 1. The highest BCUT2D eigenvalue weighted by molar-refractivity contribution is 9.10. The third-order valence-electron chi connectivity index (χ3n) is 5.24. The van der Waals surface area contributed by atoms with Crippen molar-refractivity contribution in [3.8, 4) is 5.75 Å². The Hall–Kier alpha value is -2.34. The van der Waals surface area contributed by atoms with E-state index in [2.05, 4.69) is 21.2 Å². The van der Waals surface area contributed by atoms with Gasteiger partial charge in [-0.25, -0.2) is 0 Å². The number of likely N-dealkylation sites (tertiary alicyclic amines) is 1. The average molecular weight is 445 g/mol. The highest BCUT2D eigenvalue weighted by atomic mass is 79.9. The minimum absolute atomic E-state index is 0.0170. The fourth-order valence-corrected chi connectivity index (χ4v) is 3.78. The van der Waals surface area contributed by atoms with Gasteiger partial charge in [0.25, 0.3) is 5.91 Å². The minimum atomic E-state index is -0.588. The van der Waals surface area contributed by atoms with Crippen LogP contribution in [-0.2, 0) is 11.3 Å². The first-order chi connectivity index (χ1) is 13.4. The lowest BCUT2D eigenvalue weighted by molar-refractivity contribution is -0.132. The smallest absolute Gasteiger partial charge is 0.253 e. The van der Waals surface area contributed by atoms with Crippen molar-refractivity contribution < 1.29 is 14.3 Å². The summed E-state index contributed by atoms with van der Waals surface area (Å²) < 4.78 is 6.09. The molecule has 1 heterocycles. The molecule has 148 valence electrons. The summed E-state index contributed by atoms with van der Waals surface area (Å²) in [5.74, 6) is 0.745. The van der Waals surface area contributed by atoms with E-state index >= 15 is 0 Å². The van der Waals surface area contributed by atoms with Crippen LogP contribution in [-0.4, -0.2) is 36.9 Å². The van der Waals surface area contributed by atoms with Gasteiger partial charge >= 0.3 is 0 Å². The molecule has 0 aromatic heterocycles. The van der Waals surface area contributed by atoms with Crippen LogP contribution >= 0.6 is 15.9 Å². The summed E-state index contributed by atoms with van der Waals surface area (Å²) in [5, 5.41) is 3.03. The van der Waals surface area contributed by atoms with Gasteiger partial charge in [0, 0.05) is 29.7 Å². The number of piperidine rings is 1. The monoisotopic (exact) mass is 444 g/mol. The molecule has 0 aliphatic carbocycles. The number of hydrogen-bond acceptors (Lipinski definition) is 3. The Morgan fingerprint density at radius 3 is 2.46 bits per heavy atom. The van der Waals surface area contributed by atoms with E-state index in [0.717, 1.165) is 28.6 Å². The lowest BCUT2D eigenvalue weighted by atomic mass is 9.80. The van der Waals surface area contributed by atoms with Crippen molar-refractivity contribution in [2.24, 2.45) is 5.41 Å². The van der Waals surface area contributed by atoms with Crippen LogP contribution in [0.5, 0.6) is 5.75 Å². The Labute approximate surface area is 174 Å². The highest BCUT2D eigenvalue weighted by Crippen LogP contribution is 2.31. The van der Waals surface area contributed by atoms with Gasteiger partial charge in [0.2, 0.25) is 5.91 Å². The quantitative estimate of drug-likeness (QED) is 0.757. The van der Waals surface area contributed by atoms with Crippen molar-refractivity contribution >= 4 is 27.7 Å². The molecule has 2 aromatic carbocycles. The third-order valence-corrected chi connectivity index (χ3v) is 5.76. The molecule has 6 heteroatoms. The number of ether oxygens (including phenoxy) is 1. The van der Waals surface area contributed by atoms with E-state index in [1.54, 1.807) is 12.0 Å². The number of rotatable bonds is 5. The molecule has 1 saturated heterocycles. The highest BCUT2D eigenvalue weighted by Gasteiger charge is 2.39. The largest absolute Gasteiger partial charge is 0.497 e. The molecule has 0 unspecified atom stereocenters. The molecule has 1 atom stereocenters. The van der Waals surface area contributed by atoms with Crippen molar-refractivity contribution in [2.45, 2.75) is 26.3 Å². The molecule has 1 aliphatic rings. The van der Waals surface area contributed by atoms with E-state index in [4.69, 9.17) is 4.74 Å². The van der Waals surface area contributed by atoms with Crippen LogP contribution in [0.2, 0.25) is 0 Å². The molecule has 2 aromatic rings. The number of carbonyl (C=O) groups is 2. The zero-order valence-corrected chi connectivity index (χ0v) is 17.8. The van der Waals surface area contributed by atoms with E-state index in [-0.39, 0.29) is 11.8 Å². The number of benzene rings is 2. The van der Waals surface area contributed by atoms with Crippen LogP contribution in [0.15, 0.2) is 53.0 Å². The van der Waals surface area contributed by atoms with Crippen LogP contribution in [0.25, 0.3) is 0 Å². The van der Waals surface area contributed by atoms with Gasteiger partial charge in [-0.2, -0.15) is 0 Å². The summed E-state index contributed by atoms with van der Waals surface area (Å²) in [5.41, 5.74) is 1.07. The fourth-order valence-electron chi connectivity index (χ4n) is 3.51. The van der Waals surface area contributed by atoms with Crippen molar-refractivity contribution in [1.82, 2.24) is 10.2 Å². The molecular formula is C22H25BrN2O3. The third kappa shape index (κ3) is 4.73. The van der Waals surface area contributed by atoms with Gasteiger partial charge < -0.3 is 15.0 Å². The summed E-state index contributed by atoms with van der Waals surface area (Å²) >= 11 is 3.39. The molecule has 3 rings (SSSR count). The van der Waals surface area contributed by atoms with Crippen LogP contribution in [0.1, 0.15) is 35.7 Å². The van der Waals surface area contributed by atoms with Crippen LogP contribution in [0, 0.1) is 5.41 Å². The minimum Gasteiger partial charge on any atom is -0.497 e. The second-order valence-corrected chi connectivity index (χ2v) is 8.34. The molecule has 1 fully saturated rings. The maximum atomic E-state index is 12.9. The zero-order valence-electron chi connectivity index (χ0n) is 16.2. The molecule has 0 saturated carbocycles. The summed E-state index contributed by atoms with van der Waals surface area (Å²) in [6.07, 6.45) is 1.58. The lowest BCUT2D eigenvalue weighted by Crippen LogP contribution is -2.51. The molecule has 5 nitrogen and oxygen atoms in total. The molecular weight excluding hydrogens is 420 g/mol. The standard InChI is InChI=1S/C22H25BrN2O3/c1-22(21(27)24-14-16-4-10-19(28-2)11-5-16)12-3-13-25(15-22)20(26)17-6-8-18(23)9-7-17/h4-11H,3,12-15H2,1-2H3,(H,24,27)/t22-/m1/s1. The number of methoxy groups -OCH3 is 1. The second kappa shape index (κ2) is 8.78. The van der Waals surface area contributed by atoms with E-state index in [9.17, 15) is 9.59 Å². The topological polar surface area (TPSA) is 58.6 Å². The maximum Gasteiger partial charge on any atom is 0.253 e. The molecule has 0 spiro atoms. The lowest BCUT2D eigenvalue weighted by Gasteiger charge is -2.39. The number of carbonyl (C=O) groups excluding carboxylic acids is 2. The SMILES string of the molecule is COc1ccc(CNC(=O)[C@]2(C)CCCN(C(=O)c3ccc(Br)cc3)C2)cc1. The number of hydrogen-bond donors (Lipinski definition) is 1. The van der Waals surface area contributed by atoms with Crippen molar-refractivity contribution in [1.29, 1.82) is 0 Å². The van der Waals surface area contributed by atoms with Crippen LogP contribution < -0.4 is 10.1 Å². The molecule has 0 bridgehead atoms. The maximum absolute atomic E-state index is 12.9. The van der Waals surface area contributed by atoms with E-state index in [1.807, 2.05) is 55.5 Å². The van der Waals surface area contributed by atoms with Crippen molar-refractivity contribution in [2.75, 3.05) is 20.2 Å². The van der Waals surface area contributed by atoms with E-state index in [0.29, 0.717) is 25.2 Å². The Balaban J connectivity index is 1.62. The van der Waals surface area contributed by atoms with Crippen LogP contribution in [0.4, 0.5) is 0 Å². The second-order valence-electron chi connectivity index (χ2n) is 7.43.